The summed E-state index contributed by atoms with van der Waals surface area (Å²) in [6.45, 7) is 4.10. The summed E-state index contributed by atoms with van der Waals surface area (Å²) in [5.74, 6) is -1.75. The zero-order chi connectivity index (χ0) is 24.5. The number of sulfonamides is 1. The SMILES string of the molecule is C[C@H]1CN(S(=O)(=O)c2ccc(C(=O)NNC(=O)c3cc(=O)c4ccccc4o3)cc2)C[C@H](C)O1. The fourth-order valence-electron chi connectivity index (χ4n) is 3.72. The summed E-state index contributed by atoms with van der Waals surface area (Å²) in [7, 11) is -3.74. The van der Waals surface area contributed by atoms with E-state index in [0.717, 1.165) is 6.07 Å². The fourth-order valence-corrected chi connectivity index (χ4v) is 5.31. The zero-order valence-electron chi connectivity index (χ0n) is 18.5. The molecular weight excluding hydrogens is 462 g/mol. The minimum atomic E-state index is -3.74. The molecule has 3 aromatic rings. The van der Waals surface area contributed by atoms with Crippen molar-refractivity contribution >= 4 is 32.8 Å². The van der Waals surface area contributed by atoms with Crippen LogP contribution in [0, 0.1) is 0 Å². The van der Waals surface area contributed by atoms with Crippen molar-refractivity contribution in [3.63, 3.8) is 0 Å². The lowest BCUT2D eigenvalue weighted by Crippen LogP contribution is -2.48. The first-order valence-electron chi connectivity index (χ1n) is 10.5. The second-order valence-corrected chi connectivity index (χ2v) is 9.92. The predicted octanol–water partition coefficient (Wildman–Crippen LogP) is 1.67. The van der Waals surface area contributed by atoms with Crippen LogP contribution >= 0.6 is 0 Å². The van der Waals surface area contributed by atoms with Crippen LogP contribution in [0.3, 0.4) is 0 Å². The van der Waals surface area contributed by atoms with E-state index in [-0.39, 0.29) is 52.5 Å². The average Bonchev–Trinajstić information content (AvgIpc) is 2.81. The van der Waals surface area contributed by atoms with E-state index in [1.54, 1.807) is 24.3 Å². The Morgan fingerprint density at radius 1 is 0.941 bits per heavy atom. The zero-order valence-corrected chi connectivity index (χ0v) is 19.3. The van der Waals surface area contributed by atoms with E-state index in [1.807, 2.05) is 13.8 Å². The molecular formula is C23H23N3O7S. The number of benzene rings is 2. The molecule has 1 aliphatic rings. The van der Waals surface area contributed by atoms with Crippen LogP contribution in [0.4, 0.5) is 0 Å². The van der Waals surface area contributed by atoms with Crippen molar-refractivity contribution in [1.29, 1.82) is 0 Å². The first-order chi connectivity index (χ1) is 16.1. The molecule has 178 valence electrons. The van der Waals surface area contributed by atoms with Gasteiger partial charge in [0, 0.05) is 24.7 Å². The molecule has 4 rings (SSSR count). The van der Waals surface area contributed by atoms with Gasteiger partial charge in [-0.2, -0.15) is 4.31 Å². The van der Waals surface area contributed by atoms with Gasteiger partial charge in [0.05, 0.1) is 22.5 Å². The van der Waals surface area contributed by atoms with E-state index in [2.05, 4.69) is 10.9 Å². The molecule has 2 atom stereocenters. The molecule has 0 aliphatic carbocycles. The summed E-state index contributed by atoms with van der Waals surface area (Å²) >= 11 is 0. The second kappa shape index (κ2) is 9.37. The molecule has 1 aliphatic heterocycles. The molecule has 2 heterocycles. The van der Waals surface area contributed by atoms with Crippen LogP contribution in [-0.2, 0) is 14.8 Å². The fraction of sp³-hybridized carbons (Fsp3) is 0.261. The molecule has 2 N–H and O–H groups in total. The van der Waals surface area contributed by atoms with Gasteiger partial charge in [-0.05, 0) is 50.2 Å². The number of para-hydroxylation sites is 1. The molecule has 2 amide bonds. The highest BCUT2D eigenvalue weighted by Crippen LogP contribution is 2.21. The van der Waals surface area contributed by atoms with Crippen LogP contribution in [-0.4, -0.2) is 49.8 Å². The summed E-state index contributed by atoms with van der Waals surface area (Å²) < 4.78 is 38.2. The highest BCUT2D eigenvalue weighted by Gasteiger charge is 2.32. The summed E-state index contributed by atoms with van der Waals surface area (Å²) in [6, 6.07) is 12.9. The molecule has 11 heteroatoms. The number of hydrogen-bond acceptors (Lipinski definition) is 7. The highest BCUT2D eigenvalue weighted by atomic mass is 32.2. The van der Waals surface area contributed by atoms with Crippen LogP contribution in [0.25, 0.3) is 11.0 Å². The second-order valence-electron chi connectivity index (χ2n) is 7.98. The van der Waals surface area contributed by atoms with E-state index in [9.17, 15) is 22.8 Å². The maximum atomic E-state index is 12.9. The Hall–Kier alpha value is -3.54. The van der Waals surface area contributed by atoms with Gasteiger partial charge in [0.15, 0.2) is 11.2 Å². The minimum Gasteiger partial charge on any atom is -0.451 e. The number of carbonyl (C=O) groups excluding carboxylic acids is 2. The number of hydrogen-bond donors (Lipinski definition) is 2. The van der Waals surface area contributed by atoms with Crippen molar-refractivity contribution < 1.29 is 27.2 Å². The van der Waals surface area contributed by atoms with Gasteiger partial charge in [-0.3, -0.25) is 25.2 Å². The standard InChI is InChI=1S/C23H23N3O7S/c1-14-12-26(13-15(2)32-14)34(30,31)17-9-7-16(8-10-17)22(28)24-25-23(29)21-11-19(27)18-5-3-4-6-20(18)33-21/h3-11,14-15H,12-13H2,1-2H3,(H,24,28)(H,25,29)/t14-,15-/m0/s1. The average molecular weight is 486 g/mol. The first-order valence-corrected chi connectivity index (χ1v) is 12.0. The first kappa shape index (κ1) is 23.6. The van der Waals surface area contributed by atoms with Crippen molar-refractivity contribution in [2.75, 3.05) is 13.1 Å². The van der Waals surface area contributed by atoms with E-state index in [0.29, 0.717) is 5.39 Å². The topological polar surface area (TPSA) is 135 Å². The molecule has 10 nitrogen and oxygen atoms in total. The Morgan fingerprint density at radius 3 is 2.24 bits per heavy atom. The molecule has 0 saturated carbocycles. The van der Waals surface area contributed by atoms with Gasteiger partial charge in [0.25, 0.3) is 5.91 Å². The van der Waals surface area contributed by atoms with Crippen LogP contribution < -0.4 is 16.3 Å². The third-order valence-corrected chi connectivity index (χ3v) is 7.13. The number of hydrazine groups is 1. The Balaban J connectivity index is 1.42. The maximum Gasteiger partial charge on any atom is 0.305 e. The number of rotatable bonds is 4. The van der Waals surface area contributed by atoms with Crippen molar-refractivity contribution in [2.45, 2.75) is 31.0 Å². The smallest absolute Gasteiger partial charge is 0.305 e. The Morgan fingerprint density at radius 2 is 1.56 bits per heavy atom. The summed E-state index contributed by atoms with van der Waals surface area (Å²) in [5.41, 5.74) is 4.39. The molecule has 1 saturated heterocycles. The number of morpholine rings is 1. The summed E-state index contributed by atoms with van der Waals surface area (Å²) in [6.07, 6.45) is -0.446. The largest absolute Gasteiger partial charge is 0.451 e. The van der Waals surface area contributed by atoms with Gasteiger partial charge in [-0.1, -0.05) is 12.1 Å². The van der Waals surface area contributed by atoms with Gasteiger partial charge in [-0.15, -0.1) is 0 Å². The number of ether oxygens (including phenoxy) is 1. The van der Waals surface area contributed by atoms with Gasteiger partial charge >= 0.3 is 5.91 Å². The van der Waals surface area contributed by atoms with E-state index >= 15 is 0 Å². The normalized spacial score (nSPS) is 19.0. The monoisotopic (exact) mass is 485 g/mol. The van der Waals surface area contributed by atoms with E-state index in [1.165, 1.54) is 28.6 Å². The molecule has 0 spiro atoms. The molecule has 34 heavy (non-hydrogen) atoms. The third kappa shape index (κ3) is 4.86. The van der Waals surface area contributed by atoms with Crippen molar-refractivity contribution in [2.24, 2.45) is 0 Å². The lowest BCUT2D eigenvalue weighted by Gasteiger charge is -2.34. The molecule has 1 fully saturated rings. The van der Waals surface area contributed by atoms with Crippen molar-refractivity contribution in [3.8, 4) is 0 Å². The van der Waals surface area contributed by atoms with Crippen LogP contribution in [0.5, 0.6) is 0 Å². The Labute approximate surface area is 195 Å². The van der Waals surface area contributed by atoms with Crippen LogP contribution in [0.15, 0.2) is 68.7 Å². The highest BCUT2D eigenvalue weighted by molar-refractivity contribution is 7.89. The maximum absolute atomic E-state index is 12.9. The number of fused-ring (bicyclic) bond motifs is 1. The summed E-state index contributed by atoms with van der Waals surface area (Å²) in [5, 5.41) is 0.333. The summed E-state index contributed by atoms with van der Waals surface area (Å²) in [4.78, 5) is 36.9. The number of nitrogens with one attached hydrogen (secondary N) is 2. The molecule has 0 radical (unpaired) electrons. The number of carbonyl (C=O) groups is 2. The van der Waals surface area contributed by atoms with E-state index in [4.69, 9.17) is 9.15 Å². The lowest BCUT2D eigenvalue weighted by atomic mass is 10.2. The van der Waals surface area contributed by atoms with E-state index < -0.39 is 21.8 Å². The predicted molar refractivity (Wildman–Crippen MR) is 123 cm³/mol. The third-order valence-electron chi connectivity index (χ3n) is 5.29. The van der Waals surface area contributed by atoms with Crippen LogP contribution in [0.2, 0.25) is 0 Å². The number of nitrogens with zero attached hydrogens (tertiary/aromatic N) is 1. The van der Waals surface area contributed by atoms with Gasteiger partial charge in [0.1, 0.15) is 5.58 Å². The minimum absolute atomic E-state index is 0.0484. The number of amides is 2. The molecule has 0 unspecified atom stereocenters. The van der Waals surface area contributed by atoms with Crippen LogP contribution in [0.1, 0.15) is 34.8 Å². The van der Waals surface area contributed by atoms with Crippen molar-refractivity contribution in [1.82, 2.24) is 15.2 Å². The van der Waals surface area contributed by atoms with Crippen molar-refractivity contribution in [3.05, 3.63) is 76.1 Å². The molecule has 1 aromatic heterocycles. The van der Waals surface area contributed by atoms with Gasteiger partial charge in [-0.25, -0.2) is 8.42 Å². The molecule has 2 aromatic carbocycles. The Bertz CT molecular complexity index is 1390. The lowest BCUT2D eigenvalue weighted by molar-refractivity contribution is -0.0440. The van der Waals surface area contributed by atoms with Gasteiger partial charge in [0.2, 0.25) is 10.0 Å². The van der Waals surface area contributed by atoms with Gasteiger partial charge < -0.3 is 9.15 Å². The quantitative estimate of drug-likeness (QED) is 0.537. The molecule has 0 bridgehead atoms. The Kier molecular flexibility index (Phi) is 6.51.